The van der Waals surface area contributed by atoms with E-state index in [-0.39, 0.29) is 17.7 Å². The first-order chi connectivity index (χ1) is 13.5. The number of piperidine rings is 1. The molecule has 1 aliphatic rings. The van der Waals surface area contributed by atoms with Crippen molar-refractivity contribution in [2.75, 3.05) is 25.5 Å². The van der Waals surface area contributed by atoms with E-state index in [1.165, 1.54) is 0 Å². The lowest BCUT2D eigenvalue weighted by Gasteiger charge is -2.27. The van der Waals surface area contributed by atoms with Gasteiger partial charge >= 0.3 is 0 Å². The van der Waals surface area contributed by atoms with Crippen LogP contribution < -0.4 is 10.2 Å². The van der Waals surface area contributed by atoms with Gasteiger partial charge < -0.3 is 15.1 Å². The fraction of sp³-hybridized carbons (Fsp3) is 0.318. The van der Waals surface area contributed by atoms with Gasteiger partial charge in [-0.25, -0.2) is 0 Å². The normalized spacial score (nSPS) is 13.9. The molecule has 6 nitrogen and oxygen atoms in total. The van der Waals surface area contributed by atoms with E-state index in [0.29, 0.717) is 24.1 Å². The fourth-order valence-electron chi connectivity index (χ4n) is 3.33. The van der Waals surface area contributed by atoms with Gasteiger partial charge in [-0.15, -0.1) is 0 Å². The quantitative estimate of drug-likeness (QED) is 0.868. The minimum Gasteiger partial charge on any atom is -0.355 e. The van der Waals surface area contributed by atoms with Crippen molar-refractivity contribution >= 4 is 23.4 Å². The Kier molecular flexibility index (Phi) is 6.09. The number of carbonyl (C=O) groups is 3. The van der Waals surface area contributed by atoms with Crippen LogP contribution in [-0.2, 0) is 11.3 Å². The van der Waals surface area contributed by atoms with Crippen LogP contribution in [-0.4, -0.2) is 43.3 Å². The second kappa shape index (κ2) is 8.69. The van der Waals surface area contributed by atoms with Crippen molar-refractivity contribution in [3.05, 3.63) is 65.2 Å². The third-order valence-electron chi connectivity index (χ3n) is 4.96. The van der Waals surface area contributed by atoms with Gasteiger partial charge in [-0.2, -0.15) is 0 Å². The molecule has 3 rings (SSSR count). The van der Waals surface area contributed by atoms with Gasteiger partial charge in [-0.05, 0) is 54.8 Å². The first kappa shape index (κ1) is 19.6. The predicted octanol–water partition coefficient (Wildman–Crippen LogP) is 2.84. The average Bonchev–Trinajstić information content (AvgIpc) is 2.73. The van der Waals surface area contributed by atoms with Crippen LogP contribution in [0.15, 0.2) is 48.5 Å². The lowest BCUT2D eigenvalue weighted by Crippen LogP contribution is -2.35. The molecule has 28 heavy (non-hydrogen) atoms. The maximum absolute atomic E-state index is 12.7. The highest BCUT2D eigenvalue weighted by Gasteiger charge is 2.20. The van der Waals surface area contributed by atoms with Crippen LogP contribution in [0, 0.1) is 0 Å². The maximum atomic E-state index is 12.7. The van der Waals surface area contributed by atoms with E-state index in [9.17, 15) is 14.4 Å². The van der Waals surface area contributed by atoms with E-state index >= 15 is 0 Å². The SMILES string of the molecule is CNC(=O)c1ccc(CN(C)C(=O)c2ccc(N3CCCCC3=O)cc2)cc1. The summed E-state index contributed by atoms with van der Waals surface area (Å²) in [5, 5.41) is 2.58. The molecular weight excluding hydrogens is 354 g/mol. The fourth-order valence-corrected chi connectivity index (χ4v) is 3.33. The molecule has 1 N–H and O–H groups in total. The van der Waals surface area contributed by atoms with Crippen molar-refractivity contribution in [3.63, 3.8) is 0 Å². The summed E-state index contributed by atoms with van der Waals surface area (Å²) in [7, 11) is 3.34. The van der Waals surface area contributed by atoms with Crippen molar-refractivity contribution in [3.8, 4) is 0 Å². The summed E-state index contributed by atoms with van der Waals surface area (Å²) < 4.78 is 0. The maximum Gasteiger partial charge on any atom is 0.253 e. The highest BCUT2D eigenvalue weighted by atomic mass is 16.2. The average molecular weight is 379 g/mol. The number of rotatable bonds is 5. The lowest BCUT2D eigenvalue weighted by molar-refractivity contribution is -0.119. The monoisotopic (exact) mass is 379 g/mol. The molecule has 0 aromatic heterocycles. The Hall–Kier alpha value is -3.15. The Morgan fingerprint density at radius 1 is 1.00 bits per heavy atom. The zero-order chi connectivity index (χ0) is 20.1. The molecule has 1 aliphatic heterocycles. The number of carbonyl (C=O) groups excluding carboxylic acids is 3. The molecule has 0 radical (unpaired) electrons. The summed E-state index contributed by atoms with van der Waals surface area (Å²) in [4.78, 5) is 39.8. The van der Waals surface area contributed by atoms with Gasteiger partial charge in [0.25, 0.3) is 11.8 Å². The summed E-state index contributed by atoms with van der Waals surface area (Å²) >= 11 is 0. The van der Waals surface area contributed by atoms with Crippen LogP contribution in [0.3, 0.4) is 0 Å². The molecule has 2 aromatic carbocycles. The molecule has 0 unspecified atom stereocenters. The van der Waals surface area contributed by atoms with Gasteiger partial charge in [0.05, 0.1) is 0 Å². The van der Waals surface area contributed by atoms with Crippen molar-refractivity contribution in [2.45, 2.75) is 25.8 Å². The van der Waals surface area contributed by atoms with E-state index in [1.807, 2.05) is 24.3 Å². The van der Waals surface area contributed by atoms with Crippen molar-refractivity contribution in [1.29, 1.82) is 0 Å². The standard InChI is InChI=1S/C22H25N3O3/c1-23-21(27)17-8-6-16(7-9-17)15-24(2)22(28)18-10-12-19(13-11-18)25-14-4-3-5-20(25)26/h6-13H,3-5,14-15H2,1-2H3,(H,23,27). The Morgan fingerprint density at radius 2 is 1.64 bits per heavy atom. The number of benzene rings is 2. The highest BCUT2D eigenvalue weighted by Crippen LogP contribution is 2.22. The molecule has 0 bridgehead atoms. The van der Waals surface area contributed by atoms with Gasteiger partial charge in [0.2, 0.25) is 5.91 Å². The molecule has 6 heteroatoms. The van der Waals surface area contributed by atoms with Crippen LogP contribution in [0.5, 0.6) is 0 Å². The third kappa shape index (κ3) is 4.39. The largest absolute Gasteiger partial charge is 0.355 e. The van der Waals surface area contributed by atoms with Gasteiger partial charge in [-0.1, -0.05) is 12.1 Å². The van der Waals surface area contributed by atoms with E-state index in [2.05, 4.69) is 5.32 Å². The number of anilines is 1. The van der Waals surface area contributed by atoms with Gasteiger partial charge in [0, 0.05) is 50.4 Å². The number of amides is 3. The minimum absolute atomic E-state index is 0.0908. The number of nitrogens with zero attached hydrogens (tertiary/aromatic N) is 2. The van der Waals surface area contributed by atoms with Crippen molar-refractivity contribution in [2.24, 2.45) is 0 Å². The van der Waals surface area contributed by atoms with Crippen LogP contribution >= 0.6 is 0 Å². The summed E-state index contributed by atoms with van der Waals surface area (Å²) in [5.74, 6) is -0.0854. The molecule has 3 amide bonds. The van der Waals surface area contributed by atoms with Crippen molar-refractivity contribution < 1.29 is 14.4 Å². The molecule has 1 saturated heterocycles. The van der Waals surface area contributed by atoms with E-state index in [4.69, 9.17) is 0 Å². The van der Waals surface area contributed by atoms with Gasteiger partial charge in [0.15, 0.2) is 0 Å². The molecule has 1 fully saturated rings. The molecule has 1 heterocycles. The zero-order valence-corrected chi connectivity index (χ0v) is 16.3. The Balaban J connectivity index is 1.64. The second-order valence-corrected chi connectivity index (χ2v) is 6.99. The Morgan fingerprint density at radius 3 is 2.25 bits per heavy atom. The molecule has 0 aliphatic carbocycles. The van der Waals surface area contributed by atoms with Crippen LogP contribution in [0.4, 0.5) is 5.69 Å². The molecule has 0 spiro atoms. The Labute approximate surface area is 165 Å². The zero-order valence-electron chi connectivity index (χ0n) is 16.3. The summed E-state index contributed by atoms with van der Waals surface area (Å²) in [6.45, 7) is 1.18. The minimum atomic E-state index is -0.136. The summed E-state index contributed by atoms with van der Waals surface area (Å²) in [6.07, 6.45) is 2.54. The predicted molar refractivity (Wildman–Crippen MR) is 108 cm³/mol. The summed E-state index contributed by atoms with van der Waals surface area (Å²) in [5.41, 5.74) is 2.95. The topological polar surface area (TPSA) is 69.7 Å². The molecule has 0 atom stereocenters. The van der Waals surface area contributed by atoms with E-state index in [0.717, 1.165) is 30.6 Å². The van der Waals surface area contributed by atoms with Gasteiger partial charge in [-0.3, -0.25) is 14.4 Å². The Bertz CT molecular complexity index is 860. The lowest BCUT2D eigenvalue weighted by atomic mass is 10.1. The number of nitrogens with one attached hydrogen (secondary N) is 1. The smallest absolute Gasteiger partial charge is 0.253 e. The summed E-state index contributed by atoms with van der Waals surface area (Å²) in [6, 6.07) is 14.4. The van der Waals surface area contributed by atoms with E-state index in [1.54, 1.807) is 48.2 Å². The number of hydrogen-bond donors (Lipinski definition) is 1. The van der Waals surface area contributed by atoms with E-state index < -0.39 is 0 Å². The number of hydrogen-bond acceptors (Lipinski definition) is 3. The first-order valence-electron chi connectivity index (χ1n) is 9.46. The van der Waals surface area contributed by atoms with Gasteiger partial charge in [0.1, 0.15) is 0 Å². The molecule has 2 aromatic rings. The third-order valence-corrected chi connectivity index (χ3v) is 4.96. The first-order valence-corrected chi connectivity index (χ1v) is 9.46. The second-order valence-electron chi connectivity index (χ2n) is 6.99. The van der Waals surface area contributed by atoms with Crippen molar-refractivity contribution in [1.82, 2.24) is 10.2 Å². The van der Waals surface area contributed by atoms with Crippen LogP contribution in [0.1, 0.15) is 45.5 Å². The molecule has 146 valence electrons. The van der Waals surface area contributed by atoms with Crippen LogP contribution in [0.2, 0.25) is 0 Å². The van der Waals surface area contributed by atoms with Crippen LogP contribution in [0.25, 0.3) is 0 Å². The molecule has 0 saturated carbocycles. The molecular formula is C22H25N3O3. The highest BCUT2D eigenvalue weighted by molar-refractivity contribution is 5.97.